The van der Waals surface area contributed by atoms with Crippen LogP contribution >= 0.6 is 22.9 Å². The predicted molar refractivity (Wildman–Crippen MR) is 73.3 cm³/mol. The van der Waals surface area contributed by atoms with Crippen molar-refractivity contribution in [2.45, 2.75) is 44.4 Å². The van der Waals surface area contributed by atoms with Gasteiger partial charge in [-0.05, 0) is 38.3 Å². The van der Waals surface area contributed by atoms with Gasteiger partial charge in [0.2, 0.25) is 0 Å². The number of halogens is 1. The topological polar surface area (TPSA) is 41.5 Å². The summed E-state index contributed by atoms with van der Waals surface area (Å²) in [6.07, 6.45) is 2.85. The lowest BCUT2D eigenvalue weighted by Crippen LogP contribution is -2.48. The number of ether oxygens (including phenoxy) is 1. The zero-order valence-corrected chi connectivity index (χ0v) is 12.0. The summed E-state index contributed by atoms with van der Waals surface area (Å²) in [6.45, 7) is 3.94. The van der Waals surface area contributed by atoms with Crippen molar-refractivity contribution in [1.82, 2.24) is 5.32 Å². The molecule has 1 spiro atoms. The van der Waals surface area contributed by atoms with Crippen molar-refractivity contribution in [2.24, 2.45) is 0 Å². The van der Waals surface area contributed by atoms with E-state index in [0.29, 0.717) is 6.04 Å². The molecule has 3 heterocycles. The first-order valence-electron chi connectivity index (χ1n) is 6.45. The Bertz CT molecular complexity index is 462. The van der Waals surface area contributed by atoms with Gasteiger partial charge in [-0.25, -0.2) is 0 Å². The van der Waals surface area contributed by atoms with Crippen molar-refractivity contribution in [3.05, 3.63) is 20.3 Å². The lowest BCUT2D eigenvalue weighted by atomic mass is 9.82. The van der Waals surface area contributed by atoms with Crippen molar-refractivity contribution >= 4 is 22.9 Å². The van der Waals surface area contributed by atoms with E-state index >= 15 is 0 Å². The molecule has 1 saturated heterocycles. The second-order valence-electron chi connectivity index (χ2n) is 5.22. The first kappa shape index (κ1) is 12.9. The van der Waals surface area contributed by atoms with Gasteiger partial charge in [-0.1, -0.05) is 11.6 Å². The van der Waals surface area contributed by atoms with Crippen LogP contribution < -0.4 is 5.32 Å². The summed E-state index contributed by atoms with van der Waals surface area (Å²) in [5.74, 6) is 0. The molecule has 5 heteroatoms. The molecule has 0 aromatic carbocycles. The number of rotatable bonds is 1. The molecule has 1 aromatic heterocycles. The Hall–Kier alpha value is -0.130. The van der Waals surface area contributed by atoms with E-state index in [2.05, 4.69) is 12.2 Å². The van der Waals surface area contributed by atoms with Gasteiger partial charge in [0.25, 0.3) is 0 Å². The molecule has 2 N–H and O–H groups in total. The molecular weight excluding hydrogens is 270 g/mol. The van der Waals surface area contributed by atoms with E-state index < -0.39 is 0 Å². The molecular formula is C13H18ClNO2S. The van der Waals surface area contributed by atoms with Gasteiger partial charge in [0, 0.05) is 16.5 Å². The number of fused-ring (bicyclic) bond motifs is 2. The molecule has 2 unspecified atom stereocenters. The SMILES string of the molecule is CC1CC2(CCN1)OCCc1c2sc(Cl)c1CO. The summed E-state index contributed by atoms with van der Waals surface area (Å²) in [5, 5.41) is 12.9. The maximum atomic E-state index is 9.47. The zero-order valence-electron chi connectivity index (χ0n) is 10.5. The third-order valence-electron chi connectivity index (χ3n) is 4.03. The number of thiophene rings is 1. The lowest BCUT2D eigenvalue weighted by Gasteiger charge is -2.43. The van der Waals surface area contributed by atoms with Crippen LogP contribution in [0.4, 0.5) is 0 Å². The summed E-state index contributed by atoms with van der Waals surface area (Å²) in [6, 6.07) is 0.461. The highest BCUT2D eigenvalue weighted by atomic mass is 35.5. The number of hydrogen-bond acceptors (Lipinski definition) is 4. The van der Waals surface area contributed by atoms with Crippen LogP contribution in [0.3, 0.4) is 0 Å². The Labute approximate surface area is 116 Å². The summed E-state index contributed by atoms with van der Waals surface area (Å²) in [4.78, 5) is 1.26. The quantitative estimate of drug-likeness (QED) is 0.834. The standard InChI is InChI=1S/C13H18ClNO2S/c1-8-6-13(3-4-15-8)11-9(2-5-17-13)10(7-16)12(14)18-11/h8,15-16H,2-7H2,1H3. The van der Waals surface area contributed by atoms with Gasteiger partial charge in [0.1, 0.15) is 5.60 Å². The summed E-state index contributed by atoms with van der Waals surface area (Å²) < 4.78 is 6.88. The van der Waals surface area contributed by atoms with Crippen LogP contribution in [0.25, 0.3) is 0 Å². The molecule has 3 nitrogen and oxygen atoms in total. The van der Waals surface area contributed by atoms with Crippen LogP contribution in [0.2, 0.25) is 4.34 Å². The normalized spacial score (nSPS) is 31.6. The number of aliphatic hydroxyl groups excluding tert-OH is 1. The predicted octanol–water partition coefficient (Wildman–Crippen LogP) is 2.43. The molecule has 100 valence electrons. The minimum absolute atomic E-state index is 0.0363. The molecule has 0 bridgehead atoms. The number of piperidine rings is 1. The summed E-state index contributed by atoms with van der Waals surface area (Å²) >= 11 is 7.86. The Balaban J connectivity index is 2.06. The minimum Gasteiger partial charge on any atom is -0.392 e. The highest BCUT2D eigenvalue weighted by molar-refractivity contribution is 7.16. The Morgan fingerprint density at radius 2 is 2.44 bits per heavy atom. The molecule has 0 aliphatic carbocycles. The molecule has 3 rings (SSSR count). The van der Waals surface area contributed by atoms with E-state index in [-0.39, 0.29) is 12.2 Å². The van der Waals surface area contributed by atoms with Crippen LogP contribution in [0.15, 0.2) is 0 Å². The van der Waals surface area contributed by atoms with Crippen molar-refractivity contribution in [3.63, 3.8) is 0 Å². The highest BCUT2D eigenvalue weighted by Gasteiger charge is 2.43. The van der Waals surface area contributed by atoms with Gasteiger partial charge in [0.05, 0.1) is 17.6 Å². The van der Waals surface area contributed by atoms with Crippen molar-refractivity contribution < 1.29 is 9.84 Å². The highest BCUT2D eigenvalue weighted by Crippen LogP contribution is 2.48. The number of hydrogen-bond donors (Lipinski definition) is 2. The van der Waals surface area contributed by atoms with Crippen LogP contribution in [0, 0.1) is 0 Å². The molecule has 0 radical (unpaired) electrons. The molecule has 2 aliphatic heterocycles. The second-order valence-corrected chi connectivity index (χ2v) is 6.84. The molecule has 18 heavy (non-hydrogen) atoms. The average molecular weight is 288 g/mol. The smallest absolute Gasteiger partial charge is 0.105 e. The Morgan fingerprint density at radius 1 is 1.61 bits per heavy atom. The lowest BCUT2D eigenvalue weighted by molar-refractivity contribution is -0.0851. The molecule has 2 atom stereocenters. The van der Waals surface area contributed by atoms with Crippen LogP contribution in [-0.2, 0) is 23.4 Å². The van der Waals surface area contributed by atoms with Crippen LogP contribution in [-0.4, -0.2) is 24.3 Å². The summed E-state index contributed by atoms with van der Waals surface area (Å²) in [7, 11) is 0. The Kier molecular flexibility index (Phi) is 3.41. The van der Waals surface area contributed by atoms with Crippen LogP contribution in [0.1, 0.15) is 35.8 Å². The monoisotopic (exact) mass is 287 g/mol. The fourth-order valence-electron chi connectivity index (χ4n) is 3.20. The van der Waals surface area contributed by atoms with E-state index in [1.807, 2.05) is 0 Å². The number of nitrogens with one attached hydrogen (secondary N) is 1. The zero-order chi connectivity index (χ0) is 12.8. The van der Waals surface area contributed by atoms with E-state index in [0.717, 1.165) is 42.3 Å². The van der Waals surface area contributed by atoms with Gasteiger partial charge in [0.15, 0.2) is 0 Å². The molecule has 1 aromatic rings. The van der Waals surface area contributed by atoms with E-state index in [4.69, 9.17) is 16.3 Å². The molecule has 0 saturated carbocycles. The van der Waals surface area contributed by atoms with Gasteiger partial charge in [-0.2, -0.15) is 0 Å². The maximum absolute atomic E-state index is 9.47. The van der Waals surface area contributed by atoms with Gasteiger partial charge >= 0.3 is 0 Å². The second kappa shape index (κ2) is 4.76. The fourth-order valence-corrected chi connectivity index (χ4v) is 4.87. The van der Waals surface area contributed by atoms with Crippen molar-refractivity contribution in [2.75, 3.05) is 13.2 Å². The first-order chi connectivity index (χ1) is 8.66. The Morgan fingerprint density at radius 3 is 3.17 bits per heavy atom. The van der Waals surface area contributed by atoms with E-state index in [9.17, 15) is 5.11 Å². The molecule has 0 amide bonds. The third-order valence-corrected chi connectivity index (χ3v) is 5.73. The van der Waals surface area contributed by atoms with Gasteiger partial charge in [-0.3, -0.25) is 0 Å². The largest absolute Gasteiger partial charge is 0.392 e. The molecule has 2 aliphatic rings. The van der Waals surface area contributed by atoms with Gasteiger partial charge < -0.3 is 15.2 Å². The average Bonchev–Trinajstić information content (AvgIpc) is 2.67. The van der Waals surface area contributed by atoms with Crippen molar-refractivity contribution in [1.29, 1.82) is 0 Å². The first-order valence-corrected chi connectivity index (χ1v) is 7.64. The molecule has 1 fully saturated rings. The van der Waals surface area contributed by atoms with E-state index in [1.165, 1.54) is 10.4 Å². The van der Waals surface area contributed by atoms with Gasteiger partial charge in [-0.15, -0.1) is 11.3 Å². The fraction of sp³-hybridized carbons (Fsp3) is 0.692. The van der Waals surface area contributed by atoms with E-state index in [1.54, 1.807) is 11.3 Å². The van der Waals surface area contributed by atoms with Crippen LogP contribution in [0.5, 0.6) is 0 Å². The number of aliphatic hydroxyl groups is 1. The third kappa shape index (κ3) is 1.91. The van der Waals surface area contributed by atoms with Crippen molar-refractivity contribution in [3.8, 4) is 0 Å². The maximum Gasteiger partial charge on any atom is 0.105 e. The summed E-state index contributed by atoms with van der Waals surface area (Å²) in [5.41, 5.74) is 2.00. The minimum atomic E-state index is -0.167.